The van der Waals surface area contributed by atoms with Crippen LogP contribution in [0.2, 0.25) is 0 Å². The van der Waals surface area contributed by atoms with Gasteiger partial charge < -0.3 is 15.8 Å². The van der Waals surface area contributed by atoms with Gasteiger partial charge in [0.1, 0.15) is 5.75 Å². The molecule has 0 aliphatic rings. The number of benzene rings is 1. The number of anilines is 1. The van der Waals surface area contributed by atoms with Crippen molar-refractivity contribution in [3.05, 3.63) is 24.3 Å². The molecule has 0 saturated carbocycles. The predicted molar refractivity (Wildman–Crippen MR) is 87.5 cm³/mol. The molecular formula is C17H28N2O2. The number of rotatable bonds is 10. The Balaban J connectivity index is 2.47. The van der Waals surface area contributed by atoms with Crippen molar-refractivity contribution in [2.45, 2.75) is 52.5 Å². The van der Waals surface area contributed by atoms with E-state index in [1.807, 2.05) is 24.3 Å². The van der Waals surface area contributed by atoms with Gasteiger partial charge in [0.25, 0.3) is 0 Å². The highest BCUT2D eigenvalue weighted by Gasteiger charge is 2.10. The number of amides is 1. The summed E-state index contributed by atoms with van der Waals surface area (Å²) in [6, 6.07) is 8.36. The molecule has 0 aromatic heterocycles. The summed E-state index contributed by atoms with van der Waals surface area (Å²) in [5.74, 6) is 1.15. The highest BCUT2D eigenvalue weighted by molar-refractivity contribution is 5.73. The molecule has 1 rings (SSSR count). The molecule has 1 aromatic carbocycles. The maximum absolute atomic E-state index is 10.6. The van der Waals surface area contributed by atoms with Crippen molar-refractivity contribution in [3.63, 3.8) is 0 Å². The smallest absolute Gasteiger partial charge is 0.220 e. The Kier molecular flexibility index (Phi) is 7.65. The summed E-state index contributed by atoms with van der Waals surface area (Å²) in [7, 11) is 0. The molecule has 0 aliphatic heterocycles. The summed E-state index contributed by atoms with van der Waals surface area (Å²) in [4.78, 5) is 10.6. The molecule has 4 heteroatoms. The Labute approximate surface area is 128 Å². The van der Waals surface area contributed by atoms with Crippen LogP contribution in [0.25, 0.3) is 0 Å². The van der Waals surface area contributed by atoms with Gasteiger partial charge in [-0.2, -0.15) is 0 Å². The molecule has 2 atom stereocenters. The molecular weight excluding hydrogens is 264 g/mol. The van der Waals surface area contributed by atoms with Crippen LogP contribution in [0.4, 0.5) is 5.69 Å². The molecule has 21 heavy (non-hydrogen) atoms. The molecule has 0 aliphatic carbocycles. The lowest BCUT2D eigenvalue weighted by atomic mass is 9.97. The van der Waals surface area contributed by atoms with Crippen LogP contribution < -0.4 is 15.8 Å². The SMILES string of the molecule is CCC(C)CC(CC)Nc1ccc(OCCC(N)=O)cc1. The zero-order valence-electron chi connectivity index (χ0n) is 13.4. The van der Waals surface area contributed by atoms with Crippen LogP contribution in [-0.4, -0.2) is 18.6 Å². The van der Waals surface area contributed by atoms with E-state index in [1.54, 1.807) is 0 Å². The van der Waals surface area contributed by atoms with Gasteiger partial charge in [-0.1, -0.05) is 27.2 Å². The monoisotopic (exact) mass is 292 g/mol. The summed E-state index contributed by atoms with van der Waals surface area (Å²) in [5.41, 5.74) is 6.18. The fourth-order valence-electron chi connectivity index (χ4n) is 2.13. The summed E-state index contributed by atoms with van der Waals surface area (Å²) in [6.07, 6.45) is 3.75. The zero-order valence-corrected chi connectivity index (χ0v) is 13.4. The number of ether oxygens (including phenoxy) is 1. The van der Waals surface area contributed by atoms with Crippen molar-refractivity contribution in [2.24, 2.45) is 11.7 Å². The minimum absolute atomic E-state index is 0.243. The first-order chi connectivity index (χ1) is 10.0. The van der Waals surface area contributed by atoms with Gasteiger partial charge in [0.05, 0.1) is 13.0 Å². The lowest BCUT2D eigenvalue weighted by molar-refractivity contribution is -0.118. The van der Waals surface area contributed by atoms with Gasteiger partial charge in [0, 0.05) is 11.7 Å². The van der Waals surface area contributed by atoms with Gasteiger partial charge in [-0.3, -0.25) is 4.79 Å². The summed E-state index contributed by atoms with van der Waals surface area (Å²) in [6.45, 7) is 7.06. The maximum atomic E-state index is 10.6. The molecule has 1 aromatic rings. The van der Waals surface area contributed by atoms with Gasteiger partial charge in [0.2, 0.25) is 5.91 Å². The van der Waals surface area contributed by atoms with Gasteiger partial charge in [-0.05, 0) is 43.0 Å². The third-order valence-electron chi connectivity index (χ3n) is 3.72. The number of hydrogen-bond acceptors (Lipinski definition) is 3. The van der Waals surface area contributed by atoms with Gasteiger partial charge in [-0.15, -0.1) is 0 Å². The van der Waals surface area contributed by atoms with E-state index in [0.29, 0.717) is 12.6 Å². The molecule has 0 spiro atoms. The first-order valence-corrected chi connectivity index (χ1v) is 7.82. The third kappa shape index (κ3) is 7.02. The molecule has 3 N–H and O–H groups in total. The molecule has 0 radical (unpaired) electrons. The van der Waals surface area contributed by atoms with Gasteiger partial charge in [-0.25, -0.2) is 0 Å². The number of carbonyl (C=O) groups excluding carboxylic acids is 1. The molecule has 0 fully saturated rings. The molecule has 0 saturated heterocycles. The lowest BCUT2D eigenvalue weighted by Gasteiger charge is -2.21. The zero-order chi connectivity index (χ0) is 15.7. The van der Waals surface area contributed by atoms with Crippen molar-refractivity contribution in [1.29, 1.82) is 0 Å². The second-order valence-corrected chi connectivity index (χ2v) is 5.59. The van der Waals surface area contributed by atoms with E-state index in [4.69, 9.17) is 10.5 Å². The number of nitrogens with one attached hydrogen (secondary N) is 1. The Hall–Kier alpha value is -1.71. The summed E-state index contributed by atoms with van der Waals surface area (Å²) in [5, 5.41) is 3.57. The molecule has 1 amide bonds. The average Bonchev–Trinajstić information content (AvgIpc) is 2.47. The second kappa shape index (κ2) is 9.27. The van der Waals surface area contributed by atoms with E-state index in [0.717, 1.165) is 23.8 Å². The number of nitrogens with two attached hydrogens (primary N) is 1. The van der Waals surface area contributed by atoms with Crippen molar-refractivity contribution in [1.82, 2.24) is 0 Å². The Morgan fingerprint density at radius 2 is 1.90 bits per heavy atom. The topological polar surface area (TPSA) is 64.3 Å². The average molecular weight is 292 g/mol. The molecule has 0 heterocycles. The van der Waals surface area contributed by atoms with Crippen LogP contribution >= 0.6 is 0 Å². The van der Waals surface area contributed by atoms with Crippen LogP contribution in [0, 0.1) is 5.92 Å². The van der Waals surface area contributed by atoms with Gasteiger partial charge >= 0.3 is 0 Å². The van der Waals surface area contributed by atoms with Crippen LogP contribution in [0.15, 0.2) is 24.3 Å². The standard InChI is InChI=1S/C17H28N2O2/c1-4-13(3)12-14(5-2)19-15-6-8-16(9-7-15)21-11-10-17(18)20/h6-9,13-14,19H,4-5,10-12H2,1-3H3,(H2,18,20). The van der Waals surface area contributed by atoms with Crippen molar-refractivity contribution < 1.29 is 9.53 Å². The van der Waals surface area contributed by atoms with Crippen molar-refractivity contribution in [2.75, 3.05) is 11.9 Å². The van der Waals surface area contributed by atoms with Crippen molar-refractivity contribution in [3.8, 4) is 5.75 Å². The van der Waals surface area contributed by atoms with E-state index in [1.165, 1.54) is 12.8 Å². The molecule has 4 nitrogen and oxygen atoms in total. The first kappa shape index (κ1) is 17.3. The minimum atomic E-state index is -0.343. The van der Waals surface area contributed by atoms with Crippen LogP contribution in [0.5, 0.6) is 5.75 Å². The fraction of sp³-hybridized carbons (Fsp3) is 0.588. The largest absolute Gasteiger partial charge is 0.493 e. The normalized spacial score (nSPS) is 13.5. The first-order valence-electron chi connectivity index (χ1n) is 7.82. The Morgan fingerprint density at radius 3 is 2.43 bits per heavy atom. The molecule has 0 bridgehead atoms. The highest BCUT2D eigenvalue weighted by Crippen LogP contribution is 2.20. The number of carbonyl (C=O) groups is 1. The van der Waals surface area contributed by atoms with Gasteiger partial charge in [0.15, 0.2) is 0 Å². The van der Waals surface area contributed by atoms with E-state index < -0.39 is 0 Å². The van der Waals surface area contributed by atoms with E-state index in [9.17, 15) is 4.79 Å². The molecule has 118 valence electrons. The quantitative estimate of drug-likeness (QED) is 0.693. The molecule has 2 unspecified atom stereocenters. The van der Waals surface area contributed by atoms with Crippen LogP contribution in [0.1, 0.15) is 46.5 Å². The highest BCUT2D eigenvalue weighted by atomic mass is 16.5. The van der Waals surface area contributed by atoms with E-state index in [2.05, 4.69) is 26.1 Å². The summed E-state index contributed by atoms with van der Waals surface area (Å²) < 4.78 is 5.46. The van der Waals surface area contributed by atoms with E-state index >= 15 is 0 Å². The lowest BCUT2D eigenvalue weighted by Crippen LogP contribution is -2.21. The van der Waals surface area contributed by atoms with Crippen molar-refractivity contribution >= 4 is 11.6 Å². The van der Waals surface area contributed by atoms with Crippen LogP contribution in [0.3, 0.4) is 0 Å². The number of primary amides is 1. The Morgan fingerprint density at radius 1 is 1.24 bits per heavy atom. The Bertz CT molecular complexity index is 417. The second-order valence-electron chi connectivity index (χ2n) is 5.59. The summed E-state index contributed by atoms with van der Waals surface area (Å²) >= 11 is 0. The maximum Gasteiger partial charge on any atom is 0.220 e. The fourth-order valence-corrected chi connectivity index (χ4v) is 2.13. The van der Waals surface area contributed by atoms with Crippen LogP contribution in [-0.2, 0) is 4.79 Å². The van der Waals surface area contributed by atoms with E-state index in [-0.39, 0.29) is 12.3 Å². The number of hydrogen-bond donors (Lipinski definition) is 2. The minimum Gasteiger partial charge on any atom is -0.493 e. The predicted octanol–water partition coefficient (Wildman–Crippen LogP) is 3.57. The third-order valence-corrected chi connectivity index (χ3v) is 3.72.